The van der Waals surface area contributed by atoms with Crippen molar-refractivity contribution in [3.05, 3.63) is 17.7 Å². The number of nitrogen functional groups attached to an aromatic ring is 2. The van der Waals surface area contributed by atoms with Gasteiger partial charge >= 0.3 is 0 Å². The Labute approximate surface area is 98.3 Å². The Bertz CT molecular complexity index is 290. The predicted molar refractivity (Wildman–Crippen MR) is 70.1 cm³/mol. The Morgan fingerprint density at radius 3 is 2.12 bits per heavy atom. The van der Waals surface area contributed by atoms with Gasteiger partial charge in [0.15, 0.2) is 0 Å². The van der Waals surface area contributed by atoms with Crippen molar-refractivity contribution in [2.45, 2.75) is 51.9 Å². The third kappa shape index (κ3) is 5.01. The summed E-state index contributed by atoms with van der Waals surface area (Å²) in [6.07, 6.45) is 8.92. The first kappa shape index (κ1) is 12.8. The molecular formula is C13H23N3. The normalized spacial score (nSPS) is 10.6. The number of nitrogens with zero attached hydrogens (tertiary/aromatic N) is 1. The van der Waals surface area contributed by atoms with Crippen LogP contribution in [0.2, 0.25) is 0 Å². The lowest BCUT2D eigenvalue weighted by molar-refractivity contribution is 0.607. The van der Waals surface area contributed by atoms with E-state index in [2.05, 4.69) is 11.9 Å². The molecule has 0 bridgehead atoms. The van der Waals surface area contributed by atoms with E-state index < -0.39 is 0 Å². The van der Waals surface area contributed by atoms with E-state index in [1.54, 1.807) is 0 Å². The van der Waals surface area contributed by atoms with Crippen molar-refractivity contribution in [1.29, 1.82) is 0 Å². The lowest BCUT2D eigenvalue weighted by atomic mass is 10.1. The van der Waals surface area contributed by atoms with Crippen LogP contribution >= 0.6 is 0 Å². The highest BCUT2D eigenvalue weighted by molar-refractivity contribution is 5.43. The molecule has 3 nitrogen and oxygen atoms in total. The average molecular weight is 221 g/mol. The summed E-state index contributed by atoms with van der Waals surface area (Å²) in [6, 6.07) is 3.84. The molecule has 0 spiro atoms. The first-order chi connectivity index (χ1) is 7.72. The number of hydrogen-bond donors (Lipinski definition) is 2. The second-order valence-corrected chi connectivity index (χ2v) is 4.34. The zero-order chi connectivity index (χ0) is 11.8. The Kier molecular flexibility index (Phi) is 5.68. The van der Waals surface area contributed by atoms with E-state index in [4.69, 9.17) is 11.5 Å². The molecule has 4 N–H and O–H groups in total. The molecule has 0 aromatic carbocycles. The monoisotopic (exact) mass is 221 g/mol. The van der Waals surface area contributed by atoms with Gasteiger partial charge in [0, 0.05) is 0 Å². The standard InChI is InChI=1S/C13H23N3/c1-2-3-4-5-6-7-8-11-9-12(14)16-13(15)10-11/h9-10H,2-8H2,1H3,(H4,14,15,16). The Balaban J connectivity index is 2.21. The zero-order valence-corrected chi connectivity index (χ0v) is 10.2. The molecule has 0 fully saturated rings. The second kappa shape index (κ2) is 7.09. The van der Waals surface area contributed by atoms with Crippen molar-refractivity contribution >= 4 is 11.6 Å². The fourth-order valence-corrected chi connectivity index (χ4v) is 1.89. The maximum Gasteiger partial charge on any atom is 0.126 e. The van der Waals surface area contributed by atoms with Gasteiger partial charge in [-0.3, -0.25) is 0 Å². The third-order valence-corrected chi connectivity index (χ3v) is 2.74. The molecule has 0 saturated carbocycles. The average Bonchev–Trinajstić information content (AvgIpc) is 2.22. The van der Waals surface area contributed by atoms with Gasteiger partial charge in [-0.25, -0.2) is 4.98 Å². The molecule has 1 heterocycles. The van der Waals surface area contributed by atoms with E-state index in [1.165, 1.54) is 44.1 Å². The van der Waals surface area contributed by atoms with Crippen LogP contribution in [0.3, 0.4) is 0 Å². The molecule has 90 valence electrons. The number of anilines is 2. The largest absolute Gasteiger partial charge is 0.384 e. The van der Waals surface area contributed by atoms with Crippen LogP contribution in [0.1, 0.15) is 51.0 Å². The van der Waals surface area contributed by atoms with Crippen LogP contribution in [-0.2, 0) is 6.42 Å². The molecule has 16 heavy (non-hydrogen) atoms. The lowest BCUT2D eigenvalue weighted by Gasteiger charge is -2.04. The molecule has 1 rings (SSSR count). The molecule has 0 saturated heterocycles. The smallest absolute Gasteiger partial charge is 0.126 e. The highest BCUT2D eigenvalue weighted by atomic mass is 14.9. The molecule has 3 heteroatoms. The summed E-state index contributed by atoms with van der Waals surface area (Å²) in [5.74, 6) is 1.06. The predicted octanol–water partition coefficient (Wildman–Crippen LogP) is 3.15. The van der Waals surface area contributed by atoms with Crippen molar-refractivity contribution in [2.75, 3.05) is 11.5 Å². The Morgan fingerprint density at radius 2 is 1.50 bits per heavy atom. The van der Waals surface area contributed by atoms with Crippen LogP contribution < -0.4 is 11.5 Å². The van der Waals surface area contributed by atoms with Gasteiger partial charge in [0.2, 0.25) is 0 Å². The van der Waals surface area contributed by atoms with Crippen molar-refractivity contribution in [1.82, 2.24) is 4.98 Å². The number of hydrogen-bond acceptors (Lipinski definition) is 3. The van der Waals surface area contributed by atoms with Crippen molar-refractivity contribution in [2.24, 2.45) is 0 Å². The van der Waals surface area contributed by atoms with Crippen LogP contribution in [0.5, 0.6) is 0 Å². The molecular weight excluding hydrogens is 198 g/mol. The van der Waals surface area contributed by atoms with Gasteiger partial charge in [-0.1, -0.05) is 39.0 Å². The number of aryl methyl sites for hydroxylation is 1. The molecule has 1 aromatic rings. The van der Waals surface area contributed by atoms with E-state index in [0.717, 1.165) is 6.42 Å². The van der Waals surface area contributed by atoms with Crippen LogP contribution in [0, 0.1) is 0 Å². The zero-order valence-electron chi connectivity index (χ0n) is 10.2. The van der Waals surface area contributed by atoms with Gasteiger partial charge in [0.1, 0.15) is 11.6 Å². The highest BCUT2D eigenvalue weighted by Gasteiger charge is 1.98. The van der Waals surface area contributed by atoms with Gasteiger partial charge in [0.05, 0.1) is 0 Å². The van der Waals surface area contributed by atoms with Gasteiger partial charge in [0.25, 0.3) is 0 Å². The van der Waals surface area contributed by atoms with Crippen LogP contribution in [0.15, 0.2) is 12.1 Å². The minimum Gasteiger partial charge on any atom is -0.384 e. The van der Waals surface area contributed by atoms with Gasteiger partial charge in [-0.05, 0) is 30.5 Å². The Hall–Kier alpha value is -1.25. The third-order valence-electron chi connectivity index (χ3n) is 2.74. The van der Waals surface area contributed by atoms with E-state index in [9.17, 15) is 0 Å². The minimum atomic E-state index is 0.529. The van der Waals surface area contributed by atoms with E-state index >= 15 is 0 Å². The molecule has 0 radical (unpaired) electrons. The molecule has 0 amide bonds. The fraction of sp³-hybridized carbons (Fsp3) is 0.615. The molecule has 1 aromatic heterocycles. The van der Waals surface area contributed by atoms with E-state index in [-0.39, 0.29) is 0 Å². The summed E-state index contributed by atoms with van der Waals surface area (Å²) in [5, 5.41) is 0. The first-order valence-electron chi connectivity index (χ1n) is 6.24. The van der Waals surface area contributed by atoms with Gasteiger partial charge < -0.3 is 11.5 Å². The SMILES string of the molecule is CCCCCCCCc1cc(N)nc(N)c1. The van der Waals surface area contributed by atoms with Gasteiger partial charge in [-0.2, -0.15) is 0 Å². The Morgan fingerprint density at radius 1 is 0.938 bits per heavy atom. The quantitative estimate of drug-likeness (QED) is 0.695. The number of nitrogens with two attached hydrogens (primary N) is 2. The molecule has 0 aliphatic carbocycles. The van der Waals surface area contributed by atoms with E-state index in [0.29, 0.717) is 11.6 Å². The summed E-state index contributed by atoms with van der Waals surface area (Å²) in [6.45, 7) is 2.24. The molecule has 0 aliphatic heterocycles. The van der Waals surface area contributed by atoms with Crippen molar-refractivity contribution in [3.8, 4) is 0 Å². The summed E-state index contributed by atoms with van der Waals surface area (Å²) in [5.41, 5.74) is 12.5. The minimum absolute atomic E-state index is 0.529. The van der Waals surface area contributed by atoms with E-state index in [1.807, 2.05) is 12.1 Å². The number of rotatable bonds is 7. The van der Waals surface area contributed by atoms with Crippen LogP contribution in [0.4, 0.5) is 11.6 Å². The summed E-state index contributed by atoms with van der Waals surface area (Å²) in [4.78, 5) is 3.96. The molecule has 0 aliphatic rings. The second-order valence-electron chi connectivity index (χ2n) is 4.34. The summed E-state index contributed by atoms with van der Waals surface area (Å²) >= 11 is 0. The number of pyridine rings is 1. The highest BCUT2D eigenvalue weighted by Crippen LogP contribution is 2.13. The van der Waals surface area contributed by atoms with Crippen LogP contribution in [0.25, 0.3) is 0 Å². The summed E-state index contributed by atoms with van der Waals surface area (Å²) < 4.78 is 0. The molecule has 0 atom stereocenters. The van der Waals surface area contributed by atoms with Crippen molar-refractivity contribution < 1.29 is 0 Å². The maximum absolute atomic E-state index is 5.64. The topological polar surface area (TPSA) is 64.9 Å². The maximum atomic E-state index is 5.64. The first-order valence-corrected chi connectivity index (χ1v) is 6.24. The summed E-state index contributed by atoms with van der Waals surface area (Å²) in [7, 11) is 0. The lowest BCUT2D eigenvalue weighted by Crippen LogP contribution is -1.98. The number of aromatic nitrogens is 1. The number of unbranched alkanes of at least 4 members (excludes halogenated alkanes) is 5. The van der Waals surface area contributed by atoms with Crippen molar-refractivity contribution in [3.63, 3.8) is 0 Å². The fourth-order valence-electron chi connectivity index (χ4n) is 1.89. The van der Waals surface area contributed by atoms with Crippen LogP contribution in [-0.4, -0.2) is 4.98 Å². The molecule has 0 unspecified atom stereocenters. The van der Waals surface area contributed by atoms with Gasteiger partial charge in [-0.15, -0.1) is 0 Å².